The number of aromatic hydroxyl groups is 1. The van der Waals surface area contributed by atoms with Crippen molar-refractivity contribution in [2.45, 2.75) is 0 Å². The molecular formula is C17H12N2O. The van der Waals surface area contributed by atoms with Crippen LogP contribution in [0.15, 0.2) is 60.8 Å². The Hall–Kier alpha value is -2.81. The minimum absolute atomic E-state index is 0.263. The van der Waals surface area contributed by atoms with Crippen molar-refractivity contribution in [1.82, 2.24) is 9.97 Å². The van der Waals surface area contributed by atoms with Crippen LogP contribution in [0.4, 0.5) is 0 Å². The van der Waals surface area contributed by atoms with E-state index in [2.05, 4.69) is 11.1 Å². The molecule has 0 aliphatic carbocycles. The number of benzene rings is 2. The second-order valence-corrected chi connectivity index (χ2v) is 4.82. The molecule has 96 valence electrons. The Morgan fingerprint density at radius 2 is 1.85 bits per heavy atom. The molecule has 0 unspecified atom stereocenters. The molecule has 2 heterocycles. The van der Waals surface area contributed by atoms with E-state index in [1.54, 1.807) is 12.1 Å². The SMILES string of the molecule is Oc1ccc2[nH]cc(-c3ccc4ccccc4n3)c2c1. The summed E-state index contributed by atoms with van der Waals surface area (Å²) < 4.78 is 0. The lowest BCUT2D eigenvalue weighted by atomic mass is 10.1. The lowest BCUT2D eigenvalue weighted by Gasteiger charge is -2.02. The van der Waals surface area contributed by atoms with Crippen LogP contribution in [-0.4, -0.2) is 15.1 Å². The molecule has 0 amide bonds. The second-order valence-electron chi connectivity index (χ2n) is 4.82. The number of H-pyrrole nitrogens is 1. The average Bonchev–Trinajstić information content (AvgIpc) is 2.89. The van der Waals surface area contributed by atoms with Crippen molar-refractivity contribution < 1.29 is 5.11 Å². The molecule has 3 heteroatoms. The fourth-order valence-corrected chi connectivity index (χ4v) is 2.54. The fourth-order valence-electron chi connectivity index (χ4n) is 2.54. The first-order valence-electron chi connectivity index (χ1n) is 6.47. The smallest absolute Gasteiger partial charge is 0.116 e. The van der Waals surface area contributed by atoms with Gasteiger partial charge in [0.1, 0.15) is 5.75 Å². The van der Waals surface area contributed by atoms with Gasteiger partial charge < -0.3 is 10.1 Å². The monoisotopic (exact) mass is 260 g/mol. The van der Waals surface area contributed by atoms with Gasteiger partial charge in [0.25, 0.3) is 0 Å². The zero-order chi connectivity index (χ0) is 13.5. The summed E-state index contributed by atoms with van der Waals surface area (Å²) in [7, 11) is 0. The number of phenolic OH excluding ortho intramolecular Hbond substituents is 1. The van der Waals surface area contributed by atoms with Gasteiger partial charge in [0, 0.05) is 28.0 Å². The quantitative estimate of drug-likeness (QED) is 0.541. The molecule has 4 rings (SSSR count). The van der Waals surface area contributed by atoms with Crippen LogP contribution in [0.25, 0.3) is 33.1 Å². The third-order valence-electron chi connectivity index (χ3n) is 3.54. The van der Waals surface area contributed by atoms with Crippen LogP contribution < -0.4 is 0 Å². The number of pyridine rings is 1. The third-order valence-corrected chi connectivity index (χ3v) is 3.54. The topological polar surface area (TPSA) is 48.9 Å². The third kappa shape index (κ3) is 1.64. The van der Waals surface area contributed by atoms with Gasteiger partial charge in [-0.05, 0) is 30.3 Å². The molecule has 0 saturated heterocycles. The number of aromatic nitrogens is 2. The lowest BCUT2D eigenvalue weighted by Crippen LogP contribution is -1.83. The minimum Gasteiger partial charge on any atom is -0.508 e. The maximum Gasteiger partial charge on any atom is 0.116 e. The van der Waals surface area contributed by atoms with Crippen LogP contribution in [0.5, 0.6) is 5.75 Å². The van der Waals surface area contributed by atoms with Crippen molar-refractivity contribution in [3.05, 3.63) is 60.8 Å². The number of nitrogens with one attached hydrogen (secondary N) is 1. The van der Waals surface area contributed by atoms with Crippen LogP contribution >= 0.6 is 0 Å². The van der Waals surface area contributed by atoms with Crippen LogP contribution in [0.3, 0.4) is 0 Å². The Bertz CT molecular complexity index is 924. The van der Waals surface area contributed by atoms with Crippen molar-refractivity contribution in [3.63, 3.8) is 0 Å². The molecule has 0 fully saturated rings. The van der Waals surface area contributed by atoms with E-state index in [4.69, 9.17) is 4.98 Å². The highest BCUT2D eigenvalue weighted by atomic mass is 16.3. The number of aromatic amines is 1. The summed E-state index contributed by atoms with van der Waals surface area (Å²) in [5.41, 5.74) is 3.87. The number of hydrogen-bond acceptors (Lipinski definition) is 2. The van der Waals surface area contributed by atoms with E-state index < -0.39 is 0 Å². The molecule has 4 aromatic rings. The van der Waals surface area contributed by atoms with Crippen LogP contribution in [0.2, 0.25) is 0 Å². The number of phenols is 1. The number of fused-ring (bicyclic) bond motifs is 2. The van der Waals surface area contributed by atoms with Crippen molar-refractivity contribution in [3.8, 4) is 17.0 Å². The molecule has 0 aliphatic heterocycles. The highest BCUT2D eigenvalue weighted by Crippen LogP contribution is 2.30. The minimum atomic E-state index is 0.263. The summed E-state index contributed by atoms with van der Waals surface area (Å²) in [4.78, 5) is 7.91. The maximum atomic E-state index is 9.66. The van der Waals surface area contributed by atoms with Gasteiger partial charge in [-0.2, -0.15) is 0 Å². The van der Waals surface area contributed by atoms with E-state index in [1.807, 2.05) is 42.6 Å². The summed E-state index contributed by atoms with van der Waals surface area (Å²) >= 11 is 0. The highest BCUT2D eigenvalue weighted by Gasteiger charge is 2.08. The van der Waals surface area contributed by atoms with Gasteiger partial charge in [0.15, 0.2) is 0 Å². The fraction of sp³-hybridized carbons (Fsp3) is 0. The Morgan fingerprint density at radius 3 is 2.80 bits per heavy atom. The van der Waals surface area contributed by atoms with Gasteiger partial charge in [0.05, 0.1) is 11.2 Å². The van der Waals surface area contributed by atoms with Crippen LogP contribution in [-0.2, 0) is 0 Å². The Labute approximate surface area is 115 Å². The number of hydrogen-bond donors (Lipinski definition) is 2. The maximum absolute atomic E-state index is 9.66. The summed E-state index contributed by atoms with van der Waals surface area (Å²) in [6, 6.07) is 17.4. The van der Waals surface area contributed by atoms with Gasteiger partial charge in [-0.15, -0.1) is 0 Å². The van der Waals surface area contributed by atoms with Gasteiger partial charge in [0.2, 0.25) is 0 Å². The highest BCUT2D eigenvalue weighted by molar-refractivity contribution is 5.96. The number of nitrogens with zero attached hydrogens (tertiary/aromatic N) is 1. The van der Waals surface area contributed by atoms with Crippen LogP contribution in [0.1, 0.15) is 0 Å². The van der Waals surface area contributed by atoms with Crippen LogP contribution in [0, 0.1) is 0 Å². The second kappa shape index (κ2) is 4.10. The van der Waals surface area contributed by atoms with E-state index in [-0.39, 0.29) is 5.75 Å². The molecule has 0 spiro atoms. The van der Waals surface area contributed by atoms with Gasteiger partial charge >= 0.3 is 0 Å². The van der Waals surface area contributed by atoms with Gasteiger partial charge in [-0.3, -0.25) is 0 Å². The molecule has 0 aliphatic rings. The first kappa shape index (κ1) is 11.1. The molecule has 0 radical (unpaired) electrons. The Balaban J connectivity index is 1.98. The standard InChI is InChI=1S/C17H12N2O/c20-12-6-8-16-13(9-12)14(10-18-16)17-7-5-11-3-1-2-4-15(11)19-17/h1-10,18,20H. The molecule has 3 nitrogen and oxygen atoms in total. The van der Waals surface area contributed by atoms with E-state index in [9.17, 15) is 5.11 Å². The number of rotatable bonds is 1. The normalized spacial score (nSPS) is 11.2. The largest absolute Gasteiger partial charge is 0.508 e. The predicted octanol–water partition coefficient (Wildman–Crippen LogP) is 4.09. The molecule has 0 bridgehead atoms. The number of para-hydroxylation sites is 1. The molecule has 0 atom stereocenters. The van der Waals surface area contributed by atoms with E-state index in [1.165, 1.54) is 0 Å². The zero-order valence-electron chi connectivity index (χ0n) is 10.7. The molecule has 0 saturated carbocycles. The van der Waals surface area contributed by atoms with Crippen molar-refractivity contribution in [1.29, 1.82) is 0 Å². The summed E-state index contributed by atoms with van der Waals surface area (Å²) in [5.74, 6) is 0.263. The van der Waals surface area contributed by atoms with Gasteiger partial charge in [-0.25, -0.2) is 4.98 Å². The zero-order valence-corrected chi connectivity index (χ0v) is 10.7. The first-order chi connectivity index (χ1) is 9.81. The molecule has 2 aromatic carbocycles. The lowest BCUT2D eigenvalue weighted by molar-refractivity contribution is 0.476. The Morgan fingerprint density at radius 1 is 0.950 bits per heavy atom. The summed E-state index contributed by atoms with van der Waals surface area (Å²) in [6.45, 7) is 0. The van der Waals surface area contributed by atoms with Gasteiger partial charge in [-0.1, -0.05) is 24.3 Å². The van der Waals surface area contributed by atoms with E-state index in [0.717, 1.165) is 33.1 Å². The first-order valence-corrected chi connectivity index (χ1v) is 6.47. The molecule has 2 N–H and O–H groups in total. The van der Waals surface area contributed by atoms with E-state index in [0.29, 0.717) is 0 Å². The molecule has 2 aromatic heterocycles. The summed E-state index contributed by atoms with van der Waals surface area (Å²) in [6.07, 6.45) is 1.93. The Kier molecular flexibility index (Phi) is 2.27. The predicted molar refractivity (Wildman–Crippen MR) is 80.7 cm³/mol. The van der Waals surface area contributed by atoms with E-state index >= 15 is 0 Å². The van der Waals surface area contributed by atoms with Crippen molar-refractivity contribution in [2.75, 3.05) is 0 Å². The van der Waals surface area contributed by atoms with Crippen molar-refractivity contribution in [2.24, 2.45) is 0 Å². The average molecular weight is 260 g/mol. The molecular weight excluding hydrogens is 248 g/mol. The van der Waals surface area contributed by atoms with Crippen molar-refractivity contribution >= 4 is 21.8 Å². The summed E-state index contributed by atoms with van der Waals surface area (Å²) in [5, 5.41) is 11.8. The molecule has 20 heavy (non-hydrogen) atoms.